The van der Waals surface area contributed by atoms with E-state index in [4.69, 9.17) is 0 Å². The first-order valence-electron chi connectivity index (χ1n) is 9.80. The lowest BCUT2D eigenvalue weighted by Gasteiger charge is -2.38. The van der Waals surface area contributed by atoms with Gasteiger partial charge in [-0.15, -0.1) is 10.2 Å². The fraction of sp³-hybridized carbons (Fsp3) is 0.500. The maximum Gasteiger partial charge on any atom is 0.321 e. The van der Waals surface area contributed by atoms with Crippen LogP contribution in [0.4, 0.5) is 10.5 Å². The first-order chi connectivity index (χ1) is 13.5. The Labute approximate surface area is 164 Å². The molecule has 148 valence electrons. The minimum absolute atomic E-state index is 0.0572. The Kier molecular flexibility index (Phi) is 4.78. The number of carbonyl (C=O) groups excluding carboxylic acids is 2. The highest BCUT2D eigenvalue weighted by Gasteiger charge is 2.43. The summed E-state index contributed by atoms with van der Waals surface area (Å²) in [6, 6.07) is 9.50. The van der Waals surface area contributed by atoms with Crippen molar-refractivity contribution in [2.45, 2.75) is 45.7 Å². The molecule has 1 spiro atoms. The number of aromatic nitrogens is 3. The summed E-state index contributed by atoms with van der Waals surface area (Å²) < 4.78 is 1.96. The van der Waals surface area contributed by atoms with E-state index in [0.717, 1.165) is 37.3 Å². The SMILES string of the molecule is CC(C)NC(=O)c1nnc2n1CC1(CCN(C(=O)Nc3ccccc3)CC1)C2. The summed E-state index contributed by atoms with van der Waals surface area (Å²) in [5.74, 6) is 1.09. The Morgan fingerprint density at radius 2 is 1.82 bits per heavy atom. The van der Waals surface area contributed by atoms with Gasteiger partial charge in [-0.25, -0.2) is 4.79 Å². The minimum Gasteiger partial charge on any atom is -0.347 e. The Hall–Kier alpha value is -2.90. The second kappa shape index (κ2) is 7.26. The standard InChI is InChI=1S/C20H26N6O2/c1-14(2)21-18(27)17-24-23-16-12-20(13-26(16)17)8-10-25(11-9-20)19(28)22-15-6-4-3-5-7-15/h3-7,14H,8-13H2,1-2H3,(H,21,27)(H,22,28). The van der Waals surface area contributed by atoms with Crippen molar-refractivity contribution in [3.05, 3.63) is 42.0 Å². The van der Waals surface area contributed by atoms with Crippen LogP contribution in [-0.2, 0) is 13.0 Å². The number of hydrogen-bond donors (Lipinski definition) is 2. The molecule has 0 radical (unpaired) electrons. The van der Waals surface area contributed by atoms with Crippen molar-refractivity contribution < 1.29 is 9.59 Å². The highest BCUT2D eigenvalue weighted by atomic mass is 16.2. The van der Waals surface area contributed by atoms with E-state index >= 15 is 0 Å². The van der Waals surface area contributed by atoms with Crippen molar-refractivity contribution in [2.75, 3.05) is 18.4 Å². The average Bonchev–Trinajstić information content (AvgIpc) is 3.19. The van der Waals surface area contributed by atoms with Gasteiger partial charge in [-0.2, -0.15) is 0 Å². The fourth-order valence-corrected chi connectivity index (χ4v) is 4.10. The molecule has 0 aliphatic carbocycles. The van der Waals surface area contributed by atoms with Gasteiger partial charge < -0.3 is 20.1 Å². The van der Waals surface area contributed by atoms with E-state index in [1.165, 1.54) is 0 Å². The van der Waals surface area contributed by atoms with Crippen LogP contribution >= 0.6 is 0 Å². The third kappa shape index (κ3) is 3.58. The molecule has 0 saturated carbocycles. The summed E-state index contributed by atoms with van der Waals surface area (Å²) in [7, 11) is 0. The van der Waals surface area contributed by atoms with Crippen molar-refractivity contribution in [3.8, 4) is 0 Å². The van der Waals surface area contributed by atoms with Crippen LogP contribution in [0.3, 0.4) is 0 Å². The van der Waals surface area contributed by atoms with Crippen LogP contribution in [0.2, 0.25) is 0 Å². The number of urea groups is 1. The molecular formula is C20H26N6O2. The Bertz CT molecular complexity index is 868. The molecule has 1 aromatic carbocycles. The van der Waals surface area contributed by atoms with Gasteiger partial charge in [0.25, 0.3) is 5.91 Å². The number of fused-ring (bicyclic) bond motifs is 1. The quantitative estimate of drug-likeness (QED) is 0.852. The predicted octanol–water partition coefficient (Wildman–Crippen LogP) is 2.29. The van der Waals surface area contributed by atoms with E-state index in [2.05, 4.69) is 20.8 Å². The molecule has 2 aliphatic rings. The van der Waals surface area contributed by atoms with Gasteiger partial charge in [0.05, 0.1) is 0 Å². The van der Waals surface area contributed by atoms with Gasteiger partial charge in [-0.3, -0.25) is 4.79 Å². The highest BCUT2D eigenvalue weighted by Crippen LogP contribution is 2.41. The number of hydrogen-bond acceptors (Lipinski definition) is 4. The molecular weight excluding hydrogens is 356 g/mol. The number of nitrogens with one attached hydrogen (secondary N) is 2. The molecule has 2 N–H and O–H groups in total. The van der Waals surface area contributed by atoms with Crippen molar-refractivity contribution in [1.29, 1.82) is 0 Å². The fourth-order valence-electron chi connectivity index (χ4n) is 4.10. The third-order valence-electron chi connectivity index (χ3n) is 5.61. The van der Waals surface area contributed by atoms with Gasteiger partial charge in [0.2, 0.25) is 5.82 Å². The molecule has 3 amide bonds. The smallest absolute Gasteiger partial charge is 0.321 e. The largest absolute Gasteiger partial charge is 0.347 e. The Balaban J connectivity index is 1.37. The van der Waals surface area contributed by atoms with Gasteiger partial charge in [0.1, 0.15) is 5.82 Å². The predicted molar refractivity (Wildman–Crippen MR) is 105 cm³/mol. The topological polar surface area (TPSA) is 92.2 Å². The molecule has 1 aromatic heterocycles. The minimum atomic E-state index is -0.175. The zero-order valence-electron chi connectivity index (χ0n) is 16.3. The molecule has 0 atom stereocenters. The number of carbonyl (C=O) groups is 2. The molecule has 1 fully saturated rings. The van der Waals surface area contributed by atoms with Crippen LogP contribution in [0.5, 0.6) is 0 Å². The number of piperidine rings is 1. The number of benzene rings is 1. The molecule has 0 bridgehead atoms. The van der Waals surface area contributed by atoms with Crippen molar-refractivity contribution in [3.63, 3.8) is 0 Å². The van der Waals surface area contributed by atoms with E-state index in [-0.39, 0.29) is 23.4 Å². The van der Waals surface area contributed by atoms with Gasteiger partial charge in [0.15, 0.2) is 0 Å². The van der Waals surface area contributed by atoms with Gasteiger partial charge in [-0.1, -0.05) is 18.2 Å². The number of amides is 3. The summed E-state index contributed by atoms with van der Waals surface area (Å²) in [5.41, 5.74) is 0.863. The third-order valence-corrected chi connectivity index (χ3v) is 5.61. The van der Waals surface area contributed by atoms with E-state index in [1.807, 2.05) is 53.6 Å². The summed E-state index contributed by atoms with van der Waals surface area (Å²) in [4.78, 5) is 26.8. The van der Waals surface area contributed by atoms with Crippen LogP contribution in [0.25, 0.3) is 0 Å². The molecule has 1 saturated heterocycles. The number of rotatable bonds is 3. The van der Waals surface area contributed by atoms with Crippen LogP contribution < -0.4 is 10.6 Å². The average molecular weight is 382 g/mol. The van der Waals surface area contributed by atoms with E-state index in [1.54, 1.807) is 0 Å². The van der Waals surface area contributed by atoms with Gasteiger partial charge in [0, 0.05) is 37.8 Å². The molecule has 28 heavy (non-hydrogen) atoms. The first kappa shape index (κ1) is 18.5. The summed E-state index contributed by atoms with van der Waals surface area (Å²) in [6.45, 7) is 5.99. The maximum absolute atomic E-state index is 12.5. The second-order valence-electron chi connectivity index (χ2n) is 8.11. The summed E-state index contributed by atoms with van der Waals surface area (Å²) in [5, 5.41) is 14.2. The maximum atomic E-state index is 12.5. The molecule has 3 heterocycles. The molecule has 4 rings (SSSR count). The number of nitrogens with zero attached hydrogens (tertiary/aromatic N) is 4. The van der Waals surface area contributed by atoms with Crippen molar-refractivity contribution >= 4 is 17.6 Å². The number of likely N-dealkylation sites (tertiary alicyclic amines) is 1. The summed E-state index contributed by atoms with van der Waals surface area (Å²) >= 11 is 0. The molecule has 8 nitrogen and oxygen atoms in total. The zero-order valence-corrected chi connectivity index (χ0v) is 16.3. The number of para-hydroxylation sites is 1. The summed E-state index contributed by atoms with van der Waals surface area (Å²) in [6.07, 6.45) is 2.59. The Morgan fingerprint density at radius 1 is 1.11 bits per heavy atom. The van der Waals surface area contributed by atoms with Crippen molar-refractivity contribution in [1.82, 2.24) is 25.0 Å². The molecule has 2 aromatic rings. The molecule has 2 aliphatic heterocycles. The molecule has 0 unspecified atom stereocenters. The van der Waals surface area contributed by atoms with Crippen molar-refractivity contribution in [2.24, 2.45) is 5.41 Å². The lowest BCUT2D eigenvalue weighted by Crippen LogP contribution is -2.45. The molecule has 8 heteroatoms. The van der Waals surface area contributed by atoms with Gasteiger partial charge >= 0.3 is 6.03 Å². The normalized spacial score (nSPS) is 17.6. The number of anilines is 1. The van der Waals surface area contributed by atoms with Crippen LogP contribution in [0.1, 0.15) is 43.1 Å². The lowest BCUT2D eigenvalue weighted by atomic mass is 9.77. The highest BCUT2D eigenvalue weighted by molar-refractivity contribution is 5.91. The van der Waals surface area contributed by atoms with E-state index in [9.17, 15) is 9.59 Å². The second-order valence-corrected chi connectivity index (χ2v) is 8.11. The van der Waals surface area contributed by atoms with Crippen LogP contribution in [0.15, 0.2) is 30.3 Å². The lowest BCUT2D eigenvalue weighted by molar-refractivity contribution is 0.0919. The van der Waals surface area contributed by atoms with E-state index < -0.39 is 0 Å². The van der Waals surface area contributed by atoms with Crippen LogP contribution in [0, 0.1) is 5.41 Å². The Morgan fingerprint density at radius 3 is 2.50 bits per heavy atom. The zero-order chi connectivity index (χ0) is 19.7. The monoisotopic (exact) mass is 382 g/mol. The van der Waals surface area contributed by atoms with Gasteiger partial charge in [-0.05, 0) is 44.2 Å². The van der Waals surface area contributed by atoms with E-state index in [0.29, 0.717) is 18.9 Å². The first-order valence-corrected chi connectivity index (χ1v) is 9.80. The van der Waals surface area contributed by atoms with Crippen LogP contribution in [-0.4, -0.2) is 50.7 Å².